The van der Waals surface area contributed by atoms with Gasteiger partial charge < -0.3 is 5.73 Å². The standard InChI is InChI=1S/C8H7Br2F2N.ClH/c9-5-1-4(2-6(10)3-5)7(13)8(11)12;/h1-3,7-8H,13H2;1H/t7-;/m0./s1. The summed E-state index contributed by atoms with van der Waals surface area (Å²) < 4.78 is 25.9. The van der Waals surface area contributed by atoms with Crippen molar-refractivity contribution >= 4 is 44.3 Å². The maximum atomic E-state index is 12.2. The molecule has 1 nitrogen and oxygen atoms in total. The van der Waals surface area contributed by atoms with E-state index in [9.17, 15) is 8.78 Å². The van der Waals surface area contributed by atoms with E-state index in [-0.39, 0.29) is 12.4 Å². The molecule has 0 unspecified atom stereocenters. The summed E-state index contributed by atoms with van der Waals surface area (Å²) in [6, 6.07) is 3.71. The van der Waals surface area contributed by atoms with Crippen LogP contribution in [0.5, 0.6) is 0 Å². The van der Waals surface area contributed by atoms with E-state index in [4.69, 9.17) is 5.73 Å². The summed E-state index contributed by atoms with van der Waals surface area (Å²) in [6.07, 6.45) is -2.54. The van der Waals surface area contributed by atoms with Crippen LogP contribution in [0.15, 0.2) is 27.1 Å². The largest absolute Gasteiger partial charge is 0.319 e. The minimum absolute atomic E-state index is 0. The highest BCUT2D eigenvalue weighted by Crippen LogP contribution is 2.25. The zero-order valence-electron chi connectivity index (χ0n) is 6.88. The molecule has 0 radical (unpaired) electrons. The molecule has 1 rings (SSSR count). The van der Waals surface area contributed by atoms with E-state index in [2.05, 4.69) is 31.9 Å². The average molecular weight is 351 g/mol. The third kappa shape index (κ3) is 3.81. The van der Waals surface area contributed by atoms with E-state index in [1.165, 1.54) is 0 Å². The smallest absolute Gasteiger partial charge is 0.257 e. The number of hydrogen-bond acceptors (Lipinski definition) is 1. The lowest BCUT2D eigenvalue weighted by Gasteiger charge is -2.11. The van der Waals surface area contributed by atoms with Gasteiger partial charge in [-0.05, 0) is 23.8 Å². The van der Waals surface area contributed by atoms with Gasteiger partial charge in [-0.2, -0.15) is 0 Å². The van der Waals surface area contributed by atoms with Crippen LogP contribution < -0.4 is 5.73 Å². The van der Waals surface area contributed by atoms with Crippen molar-refractivity contribution in [1.82, 2.24) is 0 Å². The predicted molar refractivity (Wildman–Crippen MR) is 62.0 cm³/mol. The van der Waals surface area contributed by atoms with Gasteiger partial charge in [-0.1, -0.05) is 31.9 Å². The molecule has 2 N–H and O–H groups in total. The molecule has 0 aliphatic heterocycles. The summed E-state index contributed by atoms with van der Waals surface area (Å²) in [5, 5.41) is 0. The van der Waals surface area contributed by atoms with Gasteiger partial charge in [0.05, 0.1) is 6.04 Å². The molecular formula is C8H8Br2ClF2N. The molecule has 0 aliphatic rings. The third-order valence-electron chi connectivity index (χ3n) is 1.54. The summed E-state index contributed by atoms with van der Waals surface area (Å²) in [6.45, 7) is 0. The highest BCUT2D eigenvalue weighted by molar-refractivity contribution is 9.11. The highest BCUT2D eigenvalue weighted by atomic mass is 79.9. The molecular weight excluding hydrogens is 343 g/mol. The fourth-order valence-corrected chi connectivity index (χ4v) is 2.24. The maximum absolute atomic E-state index is 12.2. The first kappa shape index (κ1) is 14.3. The van der Waals surface area contributed by atoms with Gasteiger partial charge >= 0.3 is 0 Å². The van der Waals surface area contributed by atoms with Crippen molar-refractivity contribution in [2.75, 3.05) is 0 Å². The fourth-order valence-electron chi connectivity index (χ4n) is 0.913. The third-order valence-corrected chi connectivity index (χ3v) is 2.46. The second-order valence-corrected chi connectivity index (χ2v) is 4.39. The molecule has 0 aliphatic carbocycles. The van der Waals surface area contributed by atoms with Gasteiger partial charge in [0.2, 0.25) is 0 Å². The Labute approximate surface area is 104 Å². The van der Waals surface area contributed by atoms with Gasteiger partial charge in [-0.3, -0.25) is 0 Å². The van der Waals surface area contributed by atoms with Crippen molar-refractivity contribution in [3.05, 3.63) is 32.7 Å². The zero-order valence-corrected chi connectivity index (χ0v) is 10.9. The second kappa shape index (κ2) is 6.00. The number of rotatable bonds is 2. The molecule has 6 heteroatoms. The molecule has 14 heavy (non-hydrogen) atoms. The van der Waals surface area contributed by atoms with Gasteiger partial charge in [-0.25, -0.2) is 8.78 Å². The minimum atomic E-state index is -2.54. The lowest BCUT2D eigenvalue weighted by molar-refractivity contribution is 0.116. The zero-order chi connectivity index (χ0) is 10.0. The SMILES string of the molecule is Cl.N[C@@H](c1cc(Br)cc(Br)c1)C(F)F. The van der Waals surface area contributed by atoms with E-state index in [0.29, 0.717) is 5.56 Å². The van der Waals surface area contributed by atoms with Crippen LogP contribution in [-0.2, 0) is 0 Å². The molecule has 0 fully saturated rings. The lowest BCUT2D eigenvalue weighted by Crippen LogP contribution is -2.18. The highest BCUT2D eigenvalue weighted by Gasteiger charge is 2.17. The molecule has 0 aromatic heterocycles. The van der Waals surface area contributed by atoms with Crippen molar-refractivity contribution in [3.63, 3.8) is 0 Å². The topological polar surface area (TPSA) is 26.0 Å². The summed E-state index contributed by atoms with van der Waals surface area (Å²) in [7, 11) is 0. The second-order valence-electron chi connectivity index (χ2n) is 2.56. The van der Waals surface area contributed by atoms with Crippen LogP contribution in [0, 0.1) is 0 Å². The summed E-state index contributed by atoms with van der Waals surface area (Å²) in [5.41, 5.74) is 5.70. The molecule has 0 bridgehead atoms. The Kier molecular flexibility index (Phi) is 6.12. The molecule has 0 amide bonds. The Morgan fingerprint density at radius 3 is 1.86 bits per heavy atom. The molecule has 80 valence electrons. The Hall–Kier alpha value is 0.290. The number of benzene rings is 1. The number of alkyl halides is 2. The minimum Gasteiger partial charge on any atom is -0.319 e. The quantitative estimate of drug-likeness (QED) is 0.859. The van der Waals surface area contributed by atoms with Gasteiger partial charge in [0, 0.05) is 8.95 Å². The van der Waals surface area contributed by atoms with Gasteiger partial charge in [0.25, 0.3) is 6.43 Å². The average Bonchev–Trinajstić information content (AvgIpc) is 2.01. The molecule has 1 aromatic carbocycles. The fraction of sp³-hybridized carbons (Fsp3) is 0.250. The Bertz CT molecular complexity index is 289. The summed E-state index contributed by atoms with van der Waals surface area (Å²) >= 11 is 6.40. The van der Waals surface area contributed by atoms with Crippen LogP contribution in [0.3, 0.4) is 0 Å². The number of halogens is 5. The van der Waals surface area contributed by atoms with E-state index >= 15 is 0 Å². The monoisotopic (exact) mass is 349 g/mol. The van der Waals surface area contributed by atoms with Crippen molar-refractivity contribution in [2.45, 2.75) is 12.5 Å². The van der Waals surface area contributed by atoms with Crippen LogP contribution >= 0.6 is 44.3 Å². The number of nitrogens with two attached hydrogens (primary N) is 1. The van der Waals surface area contributed by atoms with E-state index < -0.39 is 12.5 Å². The van der Waals surface area contributed by atoms with E-state index in [1.807, 2.05) is 0 Å². The van der Waals surface area contributed by atoms with Crippen LogP contribution in [0.1, 0.15) is 11.6 Å². The molecule has 0 saturated carbocycles. The first-order valence-corrected chi connectivity index (χ1v) is 5.09. The van der Waals surface area contributed by atoms with Crippen LogP contribution in [0.25, 0.3) is 0 Å². The predicted octanol–water partition coefficient (Wildman–Crippen LogP) is 3.90. The van der Waals surface area contributed by atoms with Crippen LogP contribution in [0.4, 0.5) is 8.78 Å². The van der Waals surface area contributed by atoms with Gasteiger partial charge in [-0.15, -0.1) is 12.4 Å². The lowest BCUT2D eigenvalue weighted by atomic mass is 10.1. The van der Waals surface area contributed by atoms with Gasteiger partial charge in [0.1, 0.15) is 0 Å². The molecule has 0 spiro atoms. The molecule has 1 atom stereocenters. The summed E-state index contributed by atoms with van der Waals surface area (Å²) in [5.74, 6) is 0. The van der Waals surface area contributed by atoms with Crippen molar-refractivity contribution in [2.24, 2.45) is 5.73 Å². The van der Waals surface area contributed by atoms with Crippen molar-refractivity contribution in [1.29, 1.82) is 0 Å². The van der Waals surface area contributed by atoms with E-state index in [1.54, 1.807) is 18.2 Å². The molecule has 1 aromatic rings. The Morgan fingerprint density at radius 1 is 1.07 bits per heavy atom. The number of hydrogen-bond donors (Lipinski definition) is 1. The first-order chi connectivity index (χ1) is 6.00. The van der Waals surface area contributed by atoms with Crippen LogP contribution in [-0.4, -0.2) is 6.43 Å². The summed E-state index contributed by atoms with van der Waals surface area (Å²) in [4.78, 5) is 0. The normalized spacial score (nSPS) is 12.4. The Balaban J connectivity index is 0.00000169. The van der Waals surface area contributed by atoms with Crippen molar-refractivity contribution in [3.8, 4) is 0 Å². The van der Waals surface area contributed by atoms with Crippen LogP contribution in [0.2, 0.25) is 0 Å². The van der Waals surface area contributed by atoms with Crippen molar-refractivity contribution < 1.29 is 8.78 Å². The molecule has 0 heterocycles. The van der Waals surface area contributed by atoms with Gasteiger partial charge in [0.15, 0.2) is 0 Å². The first-order valence-electron chi connectivity index (χ1n) is 3.50. The maximum Gasteiger partial charge on any atom is 0.257 e. The van der Waals surface area contributed by atoms with E-state index in [0.717, 1.165) is 8.95 Å². The molecule has 0 saturated heterocycles. The Morgan fingerprint density at radius 2 is 1.50 bits per heavy atom.